The number of hydrogen-bond acceptors (Lipinski definition) is 5. The molecule has 15 heavy (non-hydrogen) atoms. The number of carboxylic acids is 1. The number of carbonyl (C=O) groups is 1. The van der Waals surface area contributed by atoms with E-state index in [9.17, 15) is 20.0 Å². The van der Waals surface area contributed by atoms with Gasteiger partial charge in [-0.1, -0.05) is 0 Å². The first-order chi connectivity index (χ1) is 7.00. The standard InChI is InChI=1S/C8H8N2O5/c11-7(3-8(12)13)6-2-1-5(4-9-6)10(14)15/h1-2,4,7,11H,3H2,(H,12,13)/t7-/m1/s1. The van der Waals surface area contributed by atoms with Gasteiger partial charge in [-0.05, 0) is 6.07 Å². The highest BCUT2D eigenvalue weighted by Gasteiger charge is 2.14. The summed E-state index contributed by atoms with van der Waals surface area (Å²) in [6, 6.07) is 2.39. The summed E-state index contributed by atoms with van der Waals surface area (Å²) in [4.78, 5) is 23.5. The SMILES string of the molecule is O=C(O)C[C@@H](O)c1ccc([N+](=O)[O-])cn1. The van der Waals surface area contributed by atoms with E-state index in [-0.39, 0.29) is 11.4 Å². The topological polar surface area (TPSA) is 114 Å². The van der Waals surface area contributed by atoms with Crippen molar-refractivity contribution >= 4 is 11.7 Å². The van der Waals surface area contributed by atoms with Crippen molar-refractivity contribution in [1.29, 1.82) is 0 Å². The van der Waals surface area contributed by atoms with Gasteiger partial charge in [0.15, 0.2) is 0 Å². The summed E-state index contributed by atoms with van der Waals surface area (Å²) in [5.41, 5.74) is -0.107. The largest absolute Gasteiger partial charge is 0.481 e. The van der Waals surface area contributed by atoms with Crippen LogP contribution < -0.4 is 0 Å². The molecule has 0 aliphatic carbocycles. The summed E-state index contributed by atoms with van der Waals surface area (Å²) in [5, 5.41) is 28.0. The van der Waals surface area contributed by atoms with Crippen molar-refractivity contribution in [1.82, 2.24) is 4.98 Å². The number of aromatic nitrogens is 1. The number of pyridine rings is 1. The Morgan fingerprint density at radius 1 is 1.60 bits per heavy atom. The molecule has 1 heterocycles. The van der Waals surface area contributed by atoms with Crippen molar-refractivity contribution in [2.24, 2.45) is 0 Å². The molecule has 7 nitrogen and oxygen atoms in total. The van der Waals surface area contributed by atoms with Crippen molar-refractivity contribution in [2.75, 3.05) is 0 Å². The molecule has 0 bridgehead atoms. The molecule has 0 aromatic carbocycles. The Balaban J connectivity index is 2.79. The van der Waals surface area contributed by atoms with Crippen LogP contribution in [0, 0.1) is 10.1 Å². The lowest BCUT2D eigenvalue weighted by Crippen LogP contribution is -2.07. The summed E-state index contributed by atoms with van der Waals surface area (Å²) in [7, 11) is 0. The molecule has 0 spiro atoms. The van der Waals surface area contributed by atoms with E-state index < -0.39 is 23.4 Å². The average Bonchev–Trinajstić information content (AvgIpc) is 2.17. The Morgan fingerprint density at radius 3 is 2.67 bits per heavy atom. The van der Waals surface area contributed by atoms with Crippen LogP contribution in [0.2, 0.25) is 0 Å². The Kier molecular flexibility index (Phi) is 3.29. The van der Waals surface area contributed by atoms with Crippen LogP contribution in [-0.4, -0.2) is 26.1 Å². The monoisotopic (exact) mass is 212 g/mol. The number of hydrogen-bond donors (Lipinski definition) is 2. The molecule has 0 saturated carbocycles. The van der Waals surface area contributed by atoms with Gasteiger partial charge in [0.25, 0.3) is 5.69 Å². The smallest absolute Gasteiger partial charge is 0.306 e. The third kappa shape index (κ3) is 2.99. The second-order valence-corrected chi connectivity index (χ2v) is 2.81. The number of carboxylic acid groups (broad SMARTS) is 1. The normalized spacial score (nSPS) is 12.1. The number of nitro groups is 1. The number of aliphatic carboxylic acids is 1. The van der Waals surface area contributed by atoms with Gasteiger partial charge < -0.3 is 10.2 Å². The molecule has 0 fully saturated rings. The maximum Gasteiger partial charge on any atom is 0.306 e. The van der Waals surface area contributed by atoms with Crippen molar-refractivity contribution in [3.63, 3.8) is 0 Å². The first-order valence-corrected chi connectivity index (χ1v) is 4.01. The van der Waals surface area contributed by atoms with Crippen molar-refractivity contribution < 1.29 is 19.9 Å². The van der Waals surface area contributed by atoms with Crippen molar-refractivity contribution in [2.45, 2.75) is 12.5 Å². The fourth-order valence-corrected chi connectivity index (χ4v) is 0.973. The van der Waals surface area contributed by atoms with Crippen LogP contribution in [0.4, 0.5) is 5.69 Å². The average molecular weight is 212 g/mol. The minimum atomic E-state index is -1.25. The Bertz CT molecular complexity index is 375. The highest BCUT2D eigenvalue weighted by molar-refractivity contribution is 5.67. The highest BCUT2D eigenvalue weighted by atomic mass is 16.6. The third-order valence-electron chi connectivity index (χ3n) is 1.69. The zero-order valence-corrected chi connectivity index (χ0v) is 7.53. The molecule has 7 heteroatoms. The van der Waals surface area contributed by atoms with Gasteiger partial charge in [-0.2, -0.15) is 0 Å². The first-order valence-electron chi connectivity index (χ1n) is 4.01. The van der Waals surface area contributed by atoms with E-state index in [0.29, 0.717) is 0 Å². The van der Waals surface area contributed by atoms with Crippen molar-refractivity contribution in [3.8, 4) is 0 Å². The van der Waals surface area contributed by atoms with Gasteiger partial charge in [-0.15, -0.1) is 0 Å². The molecule has 0 amide bonds. The van der Waals surface area contributed by atoms with Gasteiger partial charge >= 0.3 is 5.97 Å². The van der Waals surface area contributed by atoms with Gasteiger partial charge in [0.05, 0.1) is 17.0 Å². The van der Waals surface area contributed by atoms with Gasteiger partial charge in [0.2, 0.25) is 0 Å². The molecule has 0 unspecified atom stereocenters. The summed E-state index contributed by atoms with van der Waals surface area (Å²) >= 11 is 0. The van der Waals surface area contributed by atoms with Crippen LogP contribution in [0.5, 0.6) is 0 Å². The molecule has 1 atom stereocenters. The minimum absolute atomic E-state index is 0.100. The number of rotatable bonds is 4. The molecule has 0 radical (unpaired) electrons. The third-order valence-corrected chi connectivity index (χ3v) is 1.69. The lowest BCUT2D eigenvalue weighted by Gasteiger charge is -2.05. The maximum atomic E-state index is 10.3. The Morgan fingerprint density at radius 2 is 2.27 bits per heavy atom. The second-order valence-electron chi connectivity index (χ2n) is 2.81. The van der Waals surface area contributed by atoms with Crippen molar-refractivity contribution in [3.05, 3.63) is 34.1 Å². The van der Waals surface area contributed by atoms with E-state index in [1.165, 1.54) is 6.07 Å². The molecule has 0 aliphatic rings. The zero-order valence-electron chi connectivity index (χ0n) is 7.53. The molecular weight excluding hydrogens is 204 g/mol. The van der Waals surface area contributed by atoms with E-state index in [2.05, 4.69) is 4.98 Å². The van der Waals surface area contributed by atoms with Gasteiger partial charge in [0, 0.05) is 6.07 Å². The van der Waals surface area contributed by atoms with Crippen LogP contribution in [0.1, 0.15) is 18.2 Å². The highest BCUT2D eigenvalue weighted by Crippen LogP contribution is 2.16. The van der Waals surface area contributed by atoms with E-state index in [4.69, 9.17) is 5.11 Å². The molecule has 1 rings (SSSR count). The van der Waals surface area contributed by atoms with Gasteiger partial charge in [0.1, 0.15) is 12.3 Å². The lowest BCUT2D eigenvalue weighted by atomic mass is 10.1. The van der Waals surface area contributed by atoms with Crippen LogP contribution in [0.25, 0.3) is 0 Å². The number of nitrogens with zero attached hydrogens (tertiary/aromatic N) is 2. The summed E-state index contributed by atoms with van der Waals surface area (Å²) < 4.78 is 0. The predicted octanol–water partition coefficient (Wildman–Crippen LogP) is 0.498. The Labute approximate surface area is 84.1 Å². The molecule has 0 aliphatic heterocycles. The van der Waals surface area contributed by atoms with Crippen LogP contribution >= 0.6 is 0 Å². The first kappa shape index (κ1) is 11.1. The van der Waals surface area contributed by atoms with E-state index in [1.807, 2.05) is 0 Å². The molecular formula is C8H8N2O5. The quantitative estimate of drug-likeness (QED) is 0.554. The molecule has 80 valence electrons. The van der Waals surface area contributed by atoms with E-state index >= 15 is 0 Å². The molecule has 1 aromatic heterocycles. The summed E-state index contributed by atoms with van der Waals surface area (Å²) in [6.07, 6.45) is -0.756. The lowest BCUT2D eigenvalue weighted by molar-refractivity contribution is -0.385. The van der Waals surface area contributed by atoms with Crippen LogP contribution in [0.3, 0.4) is 0 Å². The van der Waals surface area contributed by atoms with E-state index in [0.717, 1.165) is 12.3 Å². The molecule has 0 saturated heterocycles. The summed E-state index contributed by atoms with van der Waals surface area (Å²) in [5.74, 6) is -1.16. The maximum absolute atomic E-state index is 10.3. The zero-order chi connectivity index (χ0) is 11.4. The number of aliphatic hydroxyl groups excluding tert-OH is 1. The van der Waals surface area contributed by atoms with Crippen LogP contribution in [0.15, 0.2) is 18.3 Å². The summed E-state index contributed by atoms with van der Waals surface area (Å²) in [6.45, 7) is 0. The van der Waals surface area contributed by atoms with Gasteiger partial charge in [-0.3, -0.25) is 19.9 Å². The number of aliphatic hydroxyl groups is 1. The fraction of sp³-hybridized carbons (Fsp3) is 0.250. The van der Waals surface area contributed by atoms with E-state index in [1.54, 1.807) is 0 Å². The minimum Gasteiger partial charge on any atom is -0.481 e. The molecule has 2 N–H and O–H groups in total. The van der Waals surface area contributed by atoms with Gasteiger partial charge in [-0.25, -0.2) is 0 Å². The fourth-order valence-electron chi connectivity index (χ4n) is 0.973. The predicted molar refractivity (Wildman–Crippen MR) is 48.1 cm³/mol. The Hall–Kier alpha value is -2.02. The molecule has 1 aromatic rings. The second kappa shape index (κ2) is 4.47. The van der Waals surface area contributed by atoms with Crippen LogP contribution in [-0.2, 0) is 4.79 Å².